The zero-order valence-electron chi connectivity index (χ0n) is 16.7. The van der Waals surface area contributed by atoms with Gasteiger partial charge in [-0.2, -0.15) is 0 Å². The topological polar surface area (TPSA) is 50.1 Å². The lowest BCUT2D eigenvalue weighted by molar-refractivity contribution is 0.158. The molecule has 1 aliphatic heterocycles. The second-order valence-corrected chi connectivity index (χ2v) is 7.42. The summed E-state index contributed by atoms with van der Waals surface area (Å²) >= 11 is 0. The van der Waals surface area contributed by atoms with Crippen molar-refractivity contribution in [2.45, 2.75) is 39.3 Å². The maximum absolute atomic E-state index is 4.87. The predicted octanol–water partition coefficient (Wildman–Crippen LogP) is 3.46. The predicted molar refractivity (Wildman–Crippen MR) is 112 cm³/mol. The molecule has 1 atom stereocenters. The lowest BCUT2D eigenvalue weighted by Gasteiger charge is -2.42. The molecule has 1 fully saturated rings. The quantitative estimate of drug-likeness (QED) is 0.659. The van der Waals surface area contributed by atoms with Gasteiger partial charge in [-0.1, -0.05) is 43.7 Å². The van der Waals surface area contributed by atoms with Crippen LogP contribution in [0.2, 0.25) is 0 Å². The van der Waals surface area contributed by atoms with E-state index in [0.29, 0.717) is 6.04 Å². The normalized spacial score (nSPS) is 17.8. The third-order valence-corrected chi connectivity index (χ3v) is 5.46. The molecule has 3 heterocycles. The summed E-state index contributed by atoms with van der Waals surface area (Å²) in [4.78, 5) is 18.6. The summed E-state index contributed by atoms with van der Waals surface area (Å²) in [6.45, 7) is 8.25. The zero-order chi connectivity index (χ0) is 19.3. The van der Waals surface area contributed by atoms with E-state index in [0.717, 1.165) is 43.6 Å². The molecule has 1 aromatic carbocycles. The smallest absolute Gasteiger partial charge is 0.159 e. The molecule has 146 valence electrons. The fourth-order valence-corrected chi connectivity index (χ4v) is 3.97. The molecule has 6 heteroatoms. The summed E-state index contributed by atoms with van der Waals surface area (Å²) in [6, 6.07) is 11.3. The van der Waals surface area contributed by atoms with E-state index in [2.05, 4.69) is 57.0 Å². The highest BCUT2D eigenvalue weighted by atomic mass is 15.3. The van der Waals surface area contributed by atoms with Crippen LogP contribution in [0.4, 0.5) is 5.82 Å². The van der Waals surface area contributed by atoms with Crippen LogP contribution >= 0.6 is 0 Å². The second-order valence-electron chi connectivity index (χ2n) is 7.42. The molecule has 1 unspecified atom stereocenters. The molecule has 0 aliphatic carbocycles. The molecule has 0 bridgehead atoms. The van der Waals surface area contributed by atoms with E-state index in [1.807, 2.05) is 23.9 Å². The third-order valence-electron chi connectivity index (χ3n) is 5.46. The van der Waals surface area contributed by atoms with Crippen molar-refractivity contribution in [3.8, 4) is 5.82 Å². The van der Waals surface area contributed by atoms with Gasteiger partial charge >= 0.3 is 0 Å². The highest BCUT2D eigenvalue weighted by molar-refractivity contribution is 5.41. The van der Waals surface area contributed by atoms with Gasteiger partial charge in [-0.15, -0.1) is 0 Å². The van der Waals surface area contributed by atoms with E-state index in [-0.39, 0.29) is 0 Å². The van der Waals surface area contributed by atoms with E-state index in [1.165, 1.54) is 18.4 Å². The van der Waals surface area contributed by atoms with Crippen molar-refractivity contribution >= 4 is 5.82 Å². The average Bonchev–Trinajstić information content (AvgIpc) is 3.16. The van der Waals surface area contributed by atoms with E-state index in [1.54, 1.807) is 12.4 Å². The highest BCUT2D eigenvalue weighted by Crippen LogP contribution is 2.22. The standard InChI is InChI=1S/C22H28N6/c1-3-7-20-17-27(13-12-26(20)16-19-8-5-4-6-9-19)21-14-23-15-22(25-21)28-11-10-24-18(28)2/h4-6,8-11,14-15,20H,3,7,12-13,16-17H2,1-2H3. The molecule has 0 spiro atoms. The maximum Gasteiger partial charge on any atom is 0.159 e. The van der Waals surface area contributed by atoms with Crippen LogP contribution < -0.4 is 4.90 Å². The summed E-state index contributed by atoms with van der Waals surface area (Å²) < 4.78 is 1.98. The average molecular weight is 377 g/mol. The third kappa shape index (κ3) is 4.07. The summed E-state index contributed by atoms with van der Waals surface area (Å²) in [6.07, 6.45) is 9.78. The molecule has 0 N–H and O–H groups in total. The first-order valence-corrected chi connectivity index (χ1v) is 10.1. The number of aromatic nitrogens is 4. The molecule has 3 aromatic rings. The molecular formula is C22H28N6. The first kappa shape index (κ1) is 18.6. The second kappa shape index (κ2) is 8.52. The van der Waals surface area contributed by atoms with Crippen LogP contribution in [0.15, 0.2) is 55.1 Å². The number of benzene rings is 1. The fourth-order valence-electron chi connectivity index (χ4n) is 3.97. The Hall–Kier alpha value is -2.73. The minimum Gasteiger partial charge on any atom is -0.352 e. The summed E-state index contributed by atoms with van der Waals surface area (Å²) in [5.41, 5.74) is 1.38. The Labute approximate surface area is 166 Å². The molecule has 6 nitrogen and oxygen atoms in total. The molecule has 1 saturated heterocycles. The van der Waals surface area contributed by atoms with Crippen LogP contribution in [0.1, 0.15) is 31.2 Å². The number of piperazine rings is 1. The number of hydrogen-bond donors (Lipinski definition) is 0. The molecule has 1 aliphatic rings. The van der Waals surface area contributed by atoms with Gasteiger partial charge in [0.05, 0.1) is 12.4 Å². The van der Waals surface area contributed by atoms with Crippen molar-refractivity contribution in [1.82, 2.24) is 24.4 Å². The van der Waals surface area contributed by atoms with Gasteiger partial charge in [0, 0.05) is 44.6 Å². The van der Waals surface area contributed by atoms with Gasteiger partial charge in [0.1, 0.15) is 11.6 Å². The summed E-state index contributed by atoms with van der Waals surface area (Å²) in [5.74, 6) is 2.69. The molecule has 0 saturated carbocycles. The van der Waals surface area contributed by atoms with Crippen molar-refractivity contribution < 1.29 is 0 Å². The molecule has 28 heavy (non-hydrogen) atoms. The maximum atomic E-state index is 4.87. The fraction of sp³-hybridized carbons (Fsp3) is 0.409. The highest BCUT2D eigenvalue weighted by Gasteiger charge is 2.27. The summed E-state index contributed by atoms with van der Waals surface area (Å²) in [7, 11) is 0. The number of imidazole rings is 1. The van der Waals surface area contributed by atoms with Crippen LogP contribution in [-0.2, 0) is 6.54 Å². The van der Waals surface area contributed by atoms with Gasteiger partial charge in [-0.3, -0.25) is 14.5 Å². The van der Waals surface area contributed by atoms with Gasteiger partial charge in [0.15, 0.2) is 5.82 Å². The molecule has 0 amide bonds. The van der Waals surface area contributed by atoms with Gasteiger partial charge in [0.25, 0.3) is 0 Å². The number of rotatable bonds is 6. The Morgan fingerprint density at radius 1 is 1.07 bits per heavy atom. The lowest BCUT2D eigenvalue weighted by atomic mass is 10.1. The van der Waals surface area contributed by atoms with Gasteiger partial charge in [-0.25, -0.2) is 9.97 Å². The Balaban J connectivity index is 1.50. The van der Waals surface area contributed by atoms with Crippen molar-refractivity contribution in [1.29, 1.82) is 0 Å². The Kier molecular flexibility index (Phi) is 5.67. The Morgan fingerprint density at radius 2 is 1.89 bits per heavy atom. The van der Waals surface area contributed by atoms with Crippen molar-refractivity contribution in [2.24, 2.45) is 0 Å². The van der Waals surface area contributed by atoms with Crippen LogP contribution in [0.25, 0.3) is 5.82 Å². The monoisotopic (exact) mass is 376 g/mol. The van der Waals surface area contributed by atoms with Crippen LogP contribution in [0, 0.1) is 6.92 Å². The molecular weight excluding hydrogens is 348 g/mol. The van der Waals surface area contributed by atoms with Crippen molar-refractivity contribution in [3.05, 3.63) is 66.5 Å². The van der Waals surface area contributed by atoms with Crippen LogP contribution in [0.3, 0.4) is 0 Å². The number of hydrogen-bond acceptors (Lipinski definition) is 5. The largest absolute Gasteiger partial charge is 0.352 e. The lowest BCUT2D eigenvalue weighted by Crippen LogP contribution is -2.53. The Bertz CT molecular complexity index is 891. The van der Waals surface area contributed by atoms with Gasteiger partial charge in [-0.05, 0) is 18.9 Å². The molecule has 0 radical (unpaired) electrons. The van der Waals surface area contributed by atoms with E-state index >= 15 is 0 Å². The first-order valence-electron chi connectivity index (χ1n) is 10.1. The van der Waals surface area contributed by atoms with Crippen molar-refractivity contribution in [3.63, 3.8) is 0 Å². The van der Waals surface area contributed by atoms with Gasteiger partial charge in [0.2, 0.25) is 0 Å². The molecule has 2 aromatic heterocycles. The number of nitrogens with zero attached hydrogens (tertiary/aromatic N) is 6. The first-order chi connectivity index (χ1) is 13.7. The number of aryl methyl sites for hydroxylation is 1. The van der Waals surface area contributed by atoms with Crippen LogP contribution in [0.5, 0.6) is 0 Å². The SMILES string of the molecule is CCCC1CN(c2cncc(-n3ccnc3C)n2)CCN1Cc1ccccc1. The minimum absolute atomic E-state index is 0.527. The number of anilines is 1. The van der Waals surface area contributed by atoms with E-state index < -0.39 is 0 Å². The van der Waals surface area contributed by atoms with Crippen LogP contribution in [-0.4, -0.2) is 50.1 Å². The Morgan fingerprint density at radius 3 is 2.64 bits per heavy atom. The molecule has 4 rings (SSSR count). The van der Waals surface area contributed by atoms with Gasteiger partial charge < -0.3 is 4.90 Å². The van der Waals surface area contributed by atoms with E-state index in [4.69, 9.17) is 4.98 Å². The summed E-state index contributed by atoms with van der Waals surface area (Å²) in [5, 5.41) is 0. The zero-order valence-corrected chi connectivity index (χ0v) is 16.7. The van der Waals surface area contributed by atoms with E-state index in [9.17, 15) is 0 Å². The minimum atomic E-state index is 0.527. The van der Waals surface area contributed by atoms with Crippen molar-refractivity contribution in [2.75, 3.05) is 24.5 Å².